The lowest BCUT2D eigenvalue weighted by Gasteiger charge is -2.06. The highest BCUT2D eigenvalue weighted by Crippen LogP contribution is 2.13. The summed E-state index contributed by atoms with van der Waals surface area (Å²) in [6.45, 7) is 1.44. The number of carbonyl (C=O) groups is 2. The summed E-state index contributed by atoms with van der Waals surface area (Å²) in [6.07, 6.45) is 3.28. The fourth-order valence-corrected chi connectivity index (χ4v) is 2.03. The maximum atomic E-state index is 11.8. The third-order valence-corrected chi connectivity index (χ3v) is 3.04. The van der Waals surface area contributed by atoms with E-state index in [-0.39, 0.29) is 11.9 Å². The predicted octanol–water partition coefficient (Wildman–Crippen LogP) is 4.09. The molecule has 0 spiro atoms. The van der Waals surface area contributed by atoms with Crippen molar-refractivity contribution in [1.29, 1.82) is 0 Å². The molecule has 5 nitrogen and oxygen atoms in total. The van der Waals surface area contributed by atoms with Gasteiger partial charge in [-0.25, -0.2) is 4.79 Å². The molecule has 0 atom stereocenters. The number of nitrogens with one attached hydrogen (secondary N) is 3. The summed E-state index contributed by atoms with van der Waals surface area (Å²) in [5.41, 5.74) is 2.18. The van der Waals surface area contributed by atoms with Crippen LogP contribution in [0.4, 0.5) is 16.2 Å². The van der Waals surface area contributed by atoms with E-state index in [0.29, 0.717) is 16.4 Å². The van der Waals surface area contributed by atoms with Crippen molar-refractivity contribution >= 4 is 41.0 Å². The highest BCUT2D eigenvalue weighted by atomic mass is 35.5. The van der Waals surface area contributed by atoms with E-state index in [0.717, 1.165) is 5.56 Å². The van der Waals surface area contributed by atoms with Crippen molar-refractivity contribution in [2.24, 2.45) is 0 Å². The van der Waals surface area contributed by atoms with Crippen LogP contribution in [0.25, 0.3) is 6.08 Å². The van der Waals surface area contributed by atoms with Crippen molar-refractivity contribution in [3.63, 3.8) is 0 Å². The summed E-state index contributed by atoms with van der Waals surface area (Å²) in [5.74, 6) is -0.144. The maximum absolute atomic E-state index is 11.8. The van der Waals surface area contributed by atoms with Crippen molar-refractivity contribution in [3.8, 4) is 0 Å². The molecule has 23 heavy (non-hydrogen) atoms. The van der Waals surface area contributed by atoms with E-state index in [1.165, 1.54) is 13.1 Å². The molecule has 0 unspecified atom stereocenters. The molecule has 2 aromatic carbocycles. The first-order chi connectivity index (χ1) is 11.0. The second-order valence-corrected chi connectivity index (χ2v) is 5.18. The van der Waals surface area contributed by atoms with Crippen molar-refractivity contribution in [1.82, 2.24) is 5.32 Å². The Balaban J connectivity index is 1.86. The molecule has 0 heterocycles. The molecule has 0 bridgehead atoms. The fraction of sp³-hybridized carbons (Fsp3) is 0.0588. The molecule has 0 aliphatic rings. The van der Waals surface area contributed by atoms with Gasteiger partial charge in [0.1, 0.15) is 0 Å². The molecule has 6 heteroatoms. The molecule has 0 fully saturated rings. The number of urea groups is 1. The molecule has 2 aromatic rings. The average Bonchev–Trinajstić information content (AvgIpc) is 2.49. The van der Waals surface area contributed by atoms with Gasteiger partial charge in [-0.05, 0) is 48.0 Å². The van der Waals surface area contributed by atoms with Gasteiger partial charge in [-0.1, -0.05) is 23.7 Å². The summed E-state index contributed by atoms with van der Waals surface area (Å²) in [5, 5.41) is 8.57. The van der Waals surface area contributed by atoms with Gasteiger partial charge in [-0.2, -0.15) is 0 Å². The highest BCUT2D eigenvalue weighted by molar-refractivity contribution is 6.30. The van der Waals surface area contributed by atoms with Crippen LogP contribution in [0, 0.1) is 0 Å². The minimum absolute atomic E-state index is 0.144. The summed E-state index contributed by atoms with van der Waals surface area (Å²) in [6, 6.07) is 13.7. The van der Waals surface area contributed by atoms with Crippen LogP contribution in [0.2, 0.25) is 5.02 Å². The molecular formula is C17H16ClN3O2. The third kappa shape index (κ3) is 5.84. The third-order valence-electron chi connectivity index (χ3n) is 2.80. The van der Waals surface area contributed by atoms with Crippen molar-refractivity contribution < 1.29 is 9.59 Å². The minimum atomic E-state index is -0.365. The number of amides is 3. The zero-order chi connectivity index (χ0) is 16.7. The minimum Gasteiger partial charge on any atom is -0.326 e. The second-order valence-electron chi connectivity index (χ2n) is 4.75. The van der Waals surface area contributed by atoms with Crippen LogP contribution < -0.4 is 16.0 Å². The summed E-state index contributed by atoms with van der Waals surface area (Å²) < 4.78 is 0. The first kappa shape index (κ1) is 16.6. The van der Waals surface area contributed by atoms with Gasteiger partial charge in [0.15, 0.2) is 0 Å². The number of hydrogen-bond donors (Lipinski definition) is 3. The Morgan fingerprint density at radius 3 is 2.26 bits per heavy atom. The smallest absolute Gasteiger partial charge is 0.323 e. The van der Waals surface area contributed by atoms with Gasteiger partial charge in [0.2, 0.25) is 5.91 Å². The Morgan fingerprint density at radius 2 is 1.65 bits per heavy atom. The van der Waals surface area contributed by atoms with Crippen LogP contribution in [0.5, 0.6) is 0 Å². The second kappa shape index (κ2) is 8.00. The SMILES string of the molecule is CC(=O)Nc1ccc(NC(=O)N/C=C/c2cccc(Cl)c2)cc1. The zero-order valence-corrected chi connectivity index (χ0v) is 13.2. The predicted molar refractivity (Wildman–Crippen MR) is 93.4 cm³/mol. The Labute approximate surface area is 139 Å². The molecule has 0 aromatic heterocycles. The van der Waals surface area contributed by atoms with Crippen LogP contribution in [0.15, 0.2) is 54.7 Å². The van der Waals surface area contributed by atoms with Gasteiger partial charge in [0.05, 0.1) is 0 Å². The summed E-state index contributed by atoms with van der Waals surface area (Å²) in [4.78, 5) is 22.7. The molecule has 0 radical (unpaired) electrons. The Kier molecular flexibility index (Phi) is 5.77. The molecule has 2 rings (SSSR count). The number of rotatable bonds is 4. The van der Waals surface area contributed by atoms with E-state index < -0.39 is 0 Å². The topological polar surface area (TPSA) is 70.2 Å². The summed E-state index contributed by atoms with van der Waals surface area (Å²) in [7, 11) is 0. The maximum Gasteiger partial charge on any atom is 0.323 e. The molecular weight excluding hydrogens is 314 g/mol. The number of halogens is 1. The molecule has 3 amide bonds. The van der Waals surface area contributed by atoms with Gasteiger partial charge >= 0.3 is 6.03 Å². The molecule has 0 saturated heterocycles. The van der Waals surface area contributed by atoms with Crippen molar-refractivity contribution in [2.75, 3.05) is 10.6 Å². The number of hydrogen-bond acceptors (Lipinski definition) is 2. The standard InChI is InChI=1S/C17H16ClN3O2/c1-12(22)20-15-5-7-16(8-6-15)21-17(23)19-10-9-13-3-2-4-14(18)11-13/h2-11H,1H3,(H,20,22)(H2,19,21,23)/b10-9+. The molecule has 3 N–H and O–H groups in total. The molecule has 118 valence electrons. The van der Waals surface area contributed by atoms with Gasteiger partial charge in [0, 0.05) is 29.5 Å². The van der Waals surface area contributed by atoms with E-state index in [2.05, 4.69) is 16.0 Å². The lowest BCUT2D eigenvalue weighted by molar-refractivity contribution is -0.114. The number of carbonyl (C=O) groups excluding carboxylic acids is 2. The largest absolute Gasteiger partial charge is 0.326 e. The van der Waals surface area contributed by atoms with Crippen LogP contribution in [0.1, 0.15) is 12.5 Å². The van der Waals surface area contributed by atoms with Crippen LogP contribution >= 0.6 is 11.6 Å². The quantitative estimate of drug-likeness (QED) is 0.790. The van der Waals surface area contributed by atoms with E-state index >= 15 is 0 Å². The number of anilines is 2. The van der Waals surface area contributed by atoms with Crippen LogP contribution in [-0.2, 0) is 4.79 Å². The van der Waals surface area contributed by atoms with E-state index in [1.807, 2.05) is 12.1 Å². The van der Waals surface area contributed by atoms with Gasteiger partial charge in [0.25, 0.3) is 0 Å². The molecule has 0 aliphatic carbocycles. The van der Waals surface area contributed by atoms with Gasteiger partial charge in [-0.15, -0.1) is 0 Å². The normalized spacial score (nSPS) is 10.3. The van der Waals surface area contributed by atoms with Gasteiger partial charge in [-0.3, -0.25) is 4.79 Å². The summed E-state index contributed by atoms with van der Waals surface area (Å²) >= 11 is 5.88. The van der Waals surface area contributed by atoms with E-state index in [1.54, 1.807) is 42.5 Å². The Hall–Kier alpha value is -2.79. The van der Waals surface area contributed by atoms with Crippen molar-refractivity contribution in [3.05, 3.63) is 65.3 Å². The zero-order valence-electron chi connectivity index (χ0n) is 12.5. The first-order valence-electron chi connectivity index (χ1n) is 6.90. The molecule has 0 saturated carbocycles. The number of benzene rings is 2. The molecule has 0 aliphatic heterocycles. The van der Waals surface area contributed by atoms with E-state index in [9.17, 15) is 9.59 Å². The monoisotopic (exact) mass is 329 g/mol. The average molecular weight is 330 g/mol. The van der Waals surface area contributed by atoms with E-state index in [4.69, 9.17) is 11.6 Å². The van der Waals surface area contributed by atoms with Crippen molar-refractivity contribution in [2.45, 2.75) is 6.92 Å². The Morgan fingerprint density at radius 1 is 1.00 bits per heavy atom. The van der Waals surface area contributed by atoms with Gasteiger partial charge < -0.3 is 16.0 Å². The lowest BCUT2D eigenvalue weighted by atomic mass is 10.2. The van der Waals surface area contributed by atoms with Crippen LogP contribution in [0.3, 0.4) is 0 Å². The first-order valence-corrected chi connectivity index (χ1v) is 7.28. The highest BCUT2D eigenvalue weighted by Gasteiger charge is 2.00. The Bertz CT molecular complexity index is 727. The van der Waals surface area contributed by atoms with Crippen LogP contribution in [-0.4, -0.2) is 11.9 Å². The fourth-order valence-electron chi connectivity index (χ4n) is 1.83. The lowest BCUT2D eigenvalue weighted by Crippen LogP contribution is -2.23.